The van der Waals surface area contributed by atoms with E-state index in [1.165, 1.54) is 18.2 Å². The summed E-state index contributed by atoms with van der Waals surface area (Å²) >= 11 is 0. The number of carbonyl (C=O) groups excluding carboxylic acids is 2. The lowest BCUT2D eigenvalue weighted by atomic mass is 9.98. The minimum Gasteiger partial charge on any atom is -0.508 e. The zero-order chi connectivity index (χ0) is 15.0. The topological polar surface area (TPSA) is 83.8 Å². The lowest BCUT2D eigenvalue weighted by molar-refractivity contribution is 0.0367. The third kappa shape index (κ3) is 2.33. The second-order valence-electron chi connectivity index (χ2n) is 4.81. The van der Waals surface area contributed by atoms with Gasteiger partial charge in [0, 0.05) is 5.56 Å². The molecule has 5 heteroatoms. The van der Waals surface area contributed by atoms with Crippen LogP contribution in [0.3, 0.4) is 0 Å². The predicted molar refractivity (Wildman–Crippen MR) is 73.3 cm³/mol. The van der Waals surface area contributed by atoms with E-state index < -0.39 is 17.9 Å². The van der Waals surface area contributed by atoms with E-state index in [0.29, 0.717) is 11.1 Å². The van der Waals surface area contributed by atoms with Crippen LogP contribution in [-0.4, -0.2) is 22.0 Å². The summed E-state index contributed by atoms with van der Waals surface area (Å²) in [7, 11) is 0. The molecule has 1 atom stereocenters. The first-order valence-corrected chi connectivity index (χ1v) is 6.41. The summed E-state index contributed by atoms with van der Waals surface area (Å²) in [6.45, 7) is 0. The van der Waals surface area contributed by atoms with Crippen molar-refractivity contribution in [2.45, 2.75) is 12.5 Å². The number of phenols is 2. The summed E-state index contributed by atoms with van der Waals surface area (Å²) in [5.74, 6) is -1.18. The van der Waals surface area contributed by atoms with E-state index in [1.54, 1.807) is 24.3 Å². The third-order valence-electron chi connectivity index (χ3n) is 3.43. The number of fused-ring (bicyclic) bond motifs is 1. The van der Waals surface area contributed by atoms with Crippen molar-refractivity contribution >= 4 is 11.8 Å². The van der Waals surface area contributed by atoms with Gasteiger partial charge in [-0.1, -0.05) is 18.2 Å². The molecule has 0 spiro atoms. The molecule has 0 bridgehead atoms. The SMILES string of the molecule is O=C(C[C@H]1OC(=O)c2ccccc21)c1cc(O)ccc1O. The highest BCUT2D eigenvalue weighted by Gasteiger charge is 2.32. The van der Waals surface area contributed by atoms with E-state index >= 15 is 0 Å². The molecule has 2 aromatic carbocycles. The number of ketones is 1. The van der Waals surface area contributed by atoms with Crippen molar-refractivity contribution in [3.8, 4) is 11.5 Å². The normalized spacial score (nSPS) is 16.4. The maximum absolute atomic E-state index is 12.2. The average Bonchev–Trinajstić information content (AvgIpc) is 2.78. The van der Waals surface area contributed by atoms with Gasteiger partial charge in [-0.05, 0) is 24.3 Å². The molecular formula is C16H12O5. The number of hydrogen-bond donors (Lipinski definition) is 2. The molecule has 0 aromatic heterocycles. The van der Waals surface area contributed by atoms with E-state index in [0.717, 1.165) is 0 Å². The molecule has 21 heavy (non-hydrogen) atoms. The van der Waals surface area contributed by atoms with E-state index in [1.807, 2.05) is 0 Å². The quantitative estimate of drug-likeness (QED) is 0.514. The monoisotopic (exact) mass is 284 g/mol. The highest BCUT2D eigenvalue weighted by atomic mass is 16.5. The number of aromatic hydroxyl groups is 2. The van der Waals surface area contributed by atoms with Crippen molar-refractivity contribution in [1.29, 1.82) is 0 Å². The number of rotatable bonds is 3. The van der Waals surface area contributed by atoms with Crippen LogP contribution in [0.15, 0.2) is 42.5 Å². The molecule has 106 valence electrons. The van der Waals surface area contributed by atoms with Crippen LogP contribution in [0.1, 0.15) is 38.8 Å². The van der Waals surface area contributed by atoms with Gasteiger partial charge >= 0.3 is 5.97 Å². The summed E-state index contributed by atoms with van der Waals surface area (Å²) < 4.78 is 5.19. The number of phenolic OH excluding ortho intramolecular Hbond substituents is 2. The second kappa shape index (κ2) is 4.94. The summed E-state index contributed by atoms with van der Waals surface area (Å²) in [5.41, 5.74) is 1.13. The maximum atomic E-state index is 12.2. The molecule has 2 aromatic rings. The highest BCUT2D eigenvalue weighted by Crippen LogP contribution is 2.35. The van der Waals surface area contributed by atoms with Gasteiger partial charge in [-0.25, -0.2) is 4.79 Å². The van der Waals surface area contributed by atoms with Gasteiger partial charge in [0.2, 0.25) is 0 Å². The molecule has 1 aliphatic rings. The third-order valence-corrected chi connectivity index (χ3v) is 3.43. The molecule has 1 aliphatic heterocycles. The predicted octanol–water partition coefficient (Wildman–Crippen LogP) is 2.58. The van der Waals surface area contributed by atoms with Crippen molar-refractivity contribution in [3.05, 3.63) is 59.2 Å². The molecule has 0 unspecified atom stereocenters. The van der Waals surface area contributed by atoms with E-state index in [9.17, 15) is 19.8 Å². The number of Topliss-reactive ketones (excluding diaryl/α,β-unsaturated/α-hetero) is 1. The zero-order valence-electron chi connectivity index (χ0n) is 10.9. The molecule has 3 rings (SSSR count). The summed E-state index contributed by atoms with van der Waals surface area (Å²) in [4.78, 5) is 23.9. The minimum absolute atomic E-state index is 0.00966. The van der Waals surface area contributed by atoms with Gasteiger partial charge in [-0.3, -0.25) is 4.79 Å². The van der Waals surface area contributed by atoms with Crippen molar-refractivity contribution in [3.63, 3.8) is 0 Å². The molecule has 2 N–H and O–H groups in total. The van der Waals surface area contributed by atoms with Crippen LogP contribution in [0.2, 0.25) is 0 Å². The minimum atomic E-state index is -0.664. The number of benzene rings is 2. The van der Waals surface area contributed by atoms with Crippen LogP contribution < -0.4 is 0 Å². The van der Waals surface area contributed by atoms with Gasteiger partial charge in [-0.15, -0.1) is 0 Å². The summed E-state index contributed by atoms with van der Waals surface area (Å²) in [5, 5.41) is 19.1. The van der Waals surface area contributed by atoms with E-state index in [4.69, 9.17) is 4.74 Å². The van der Waals surface area contributed by atoms with Gasteiger partial charge in [0.1, 0.15) is 17.6 Å². The average molecular weight is 284 g/mol. The van der Waals surface area contributed by atoms with Crippen LogP contribution in [0, 0.1) is 0 Å². The van der Waals surface area contributed by atoms with Gasteiger partial charge < -0.3 is 14.9 Å². The van der Waals surface area contributed by atoms with E-state index in [2.05, 4.69) is 0 Å². The summed E-state index contributed by atoms with van der Waals surface area (Å²) in [6.07, 6.45) is -0.748. The van der Waals surface area contributed by atoms with Gasteiger partial charge in [0.15, 0.2) is 5.78 Å². The number of hydrogen-bond acceptors (Lipinski definition) is 5. The highest BCUT2D eigenvalue weighted by molar-refractivity contribution is 6.00. The Hall–Kier alpha value is -2.82. The number of cyclic esters (lactones) is 1. The largest absolute Gasteiger partial charge is 0.508 e. The zero-order valence-corrected chi connectivity index (χ0v) is 10.9. The molecule has 0 amide bonds. The molecular weight excluding hydrogens is 272 g/mol. The molecule has 0 saturated carbocycles. The molecule has 0 radical (unpaired) electrons. The van der Waals surface area contributed by atoms with Crippen LogP contribution in [0.5, 0.6) is 11.5 Å². The van der Waals surface area contributed by atoms with Gasteiger partial charge in [0.25, 0.3) is 0 Å². The smallest absolute Gasteiger partial charge is 0.339 e. The molecule has 1 heterocycles. The Morgan fingerprint density at radius 3 is 2.71 bits per heavy atom. The lowest BCUT2D eigenvalue weighted by Gasteiger charge is -2.10. The van der Waals surface area contributed by atoms with E-state index in [-0.39, 0.29) is 23.5 Å². The second-order valence-corrected chi connectivity index (χ2v) is 4.81. The maximum Gasteiger partial charge on any atom is 0.339 e. The first-order chi connectivity index (χ1) is 10.1. The fraction of sp³-hybridized carbons (Fsp3) is 0.125. The Balaban J connectivity index is 1.87. The van der Waals surface area contributed by atoms with Crippen LogP contribution in [0.4, 0.5) is 0 Å². The van der Waals surface area contributed by atoms with Crippen molar-refractivity contribution in [2.24, 2.45) is 0 Å². The Kier molecular flexibility index (Phi) is 3.10. The van der Waals surface area contributed by atoms with Crippen molar-refractivity contribution < 1.29 is 24.5 Å². The Morgan fingerprint density at radius 1 is 1.14 bits per heavy atom. The Bertz CT molecular complexity index is 735. The molecule has 0 aliphatic carbocycles. The van der Waals surface area contributed by atoms with Crippen LogP contribution in [-0.2, 0) is 4.74 Å². The Labute approximate surface area is 120 Å². The number of esters is 1. The number of carbonyl (C=O) groups is 2. The molecule has 5 nitrogen and oxygen atoms in total. The fourth-order valence-electron chi connectivity index (χ4n) is 2.40. The molecule has 0 fully saturated rings. The van der Waals surface area contributed by atoms with Crippen LogP contribution in [0.25, 0.3) is 0 Å². The molecule has 0 saturated heterocycles. The number of ether oxygens (including phenoxy) is 1. The Morgan fingerprint density at radius 2 is 1.90 bits per heavy atom. The lowest BCUT2D eigenvalue weighted by Crippen LogP contribution is -2.08. The fourth-order valence-corrected chi connectivity index (χ4v) is 2.40. The van der Waals surface area contributed by atoms with Gasteiger partial charge in [0.05, 0.1) is 17.5 Å². The van der Waals surface area contributed by atoms with Gasteiger partial charge in [-0.2, -0.15) is 0 Å². The summed E-state index contributed by atoms with van der Waals surface area (Å²) in [6, 6.07) is 10.6. The van der Waals surface area contributed by atoms with Crippen LogP contribution >= 0.6 is 0 Å². The first-order valence-electron chi connectivity index (χ1n) is 6.41. The van der Waals surface area contributed by atoms with Crippen molar-refractivity contribution in [2.75, 3.05) is 0 Å². The standard InChI is InChI=1S/C16H12O5/c17-9-5-6-13(18)12(7-9)14(19)8-15-10-3-1-2-4-11(10)16(20)21-15/h1-7,15,17-18H,8H2/t15-/m1/s1. The first kappa shape index (κ1) is 13.2. The van der Waals surface area contributed by atoms with Crippen molar-refractivity contribution in [1.82, 2.24) is 0 Å².